The molecule has 0 bridgehead atoms. The predicted octanol–water partition coefficient (Wildman–Crippen LogP) is 5.84. The average molecular weight is 464 g/mol. The highest BCUT2D eigenvalue weighted by Gasteiger charge is 2.48. The summed E-state index contributed by atoms with van der Waals surface area (Å²) in [4.78, 5) is 13.9. The number of unbranched alkanes of at least 4 members (excludes halogenated alkanes) is 1. The third-order valence-electron chi connectivity index (χ3n) is 5.97. The molecule has 3 aromatic carbocycles. The fourth-order valence-corrected chi connectivity index (χ4v) is 4.95. The van der Waals surface area contributed by atoms with Crippen LogP contribution in [0.4, 0.5) is 0 Å². The Balaban J connectivity index is 1.71. The van der Waals surface area contributed by atoms with Gasteiger partial charge in [0.15, 0.2) is 0 Å². The summed E-state index contributed by atoms with van der Waals surface area (Å²) in [7, 11) is 1.66. The third-order valence-corrected chi connectivity index (χ3v) is 6.53. The number of carbonyl (C=O) groups excluding carboxylic acids is 1. The van der Waals surface area contributed by atoms with Crippen molar-refractivity contribution >= 4 is 21.8 Å². The van der Waals surface area contributed by atoms with Crippen LogP contribution >= 0.6 is 15.9 Å². The number of hydrogen-bond acceptors (Lipinski definition) is 2. The highest BCUT2D eigenvalue weighted by atomic mass is 79.9. The van der Waals surface area contributed by atoms with Crippen LogP contribution < -0.4 is 10.1 Å². The van der Waals surface area contributed by atoms with Gasteiger partial charge in [0.05, 0.1) is 7.11 Å². The summed E-state index contributed by atoms with van der Waals surface area (Å²) >= 11 is 3.54. The lowest BCUT2D eigenvalue weighted by Gasteiger charge is -2.31. The lowest BCUT2D eigenvalue weighted by Crippen LogP contribution is -2.44. The molecule has 0 heterocycles. The molecule has 1 aliphatic carbocycles. The van der Waals surface area contributed by atoms with Gasteiger partial charge in [-0.1, -0.05) is 83.0 Å². The van der Waals surface area contributed by atoms with Gasteiger partial charge in [0.1, 0.15) is 11.2 Å². The molecule has 30 heavy (non-hydrogen) atoms. The lowest BCUT2D eigenvalue weighted by molar-refractivity contribution is -0.125. The molecule has 1 N–H and O–H groups in total. The number of benzene rings is 3. The van der Waals surface area contributed by atoms with Crippen molar-refractivity contribution in [1.82, 2.24) is 5.32 Å². The van der Waals surface area contributed by atoms with Crippen molar-refractivity contribution in [3.05, 3.63) is 89.5 Å². The second-order valence-electron chi connectivity index (χ2n) is 7.68. The fourth-order valence-electron chi connectivity index (χ4n) is 4.55. The van der Waals surface area contributed by atoms with Crippen molar-refractivity contribution in [1.29, 1.82) is 0 Å². The molecular formula is C26H26BrNO2. The summed E-state index contributed by atoms with van der Waals surface area (Å²) in [6.07, 6.45) is 2.80. The van der Waals surface area contributed by atoms with Crippen LogP contribution in [-0.4, -0.2) is 18.3 Å². The first-order valence-corrected chi connectivity index (χ1v) is 11.5. The van der Waals surface area contributed by atoms with E-state index in [4.69, 9.17) is 4.74 Å². The SMILES string of the molecule is COc1cccc(CNC(=O)C2(CCCCBr)c3ccccc3-c3ccccc32)c1. The maximum atomic E-state index is 13.9. The molecule has 0 radical (unpaired) electrons. The molecule has 0 spiro atoms. The van der Waals surface area contributed by atoms with Crippen molar-refractivity contribution < 1.29 is 9.53 Å². The number of fused-ring (bicyclic) bond motifs is 3. The van der Waals surface area contributed by atoms with Crippen LogP contribution in [0.25, 0.3) is 11.1 Å². The van der Waals surface area contributed by atoms with E-state index in [0.29, 0.717) is 6.54 Å². The third kappa shape index (κ3) is 3.65. The minimum absolute atomic E-state index is 0.0669. The Morgan fingerprint density at radius 2 is 1.60 bits per heavy atom. The van der Waals surface area contributed by atoms with E-state index in [2.05, 4.69) is 57.6 Å². The minimum atomic E-state index is -0.659. The van der Waals surface area contributed by atoms with Gasteiger partial charge in [-0.2, -0.15) is 0 Å². The molecule has 3 nitrogen and oxygen atoms in total. The number of amides is 1. The minimum Gasteiger partial charge on any atom is -0.497 e. The Kier molecular flexibility index (Phi) is 6.24. The van der Waals surface area contributed by atoms with Crippen molar-refractivity contribution in [2.45, 2.75) is 31.2 Å². The number of hydrogen-bond donors (Lipinski definition) is 1. The summed E-state index contributed by atoms with van der Waals surface area (Å²) in [6.45, 7) is 0.473. The Hall–Kier alpha value is -2.59. The van der Waals surface area contributed by atoms with Gasteiger partial charge < -0.3 is 10.1 Å². The maximum Gasteiger partial charge on any atom is 0.235 e. The molecule has 0 aromatic heterocycles. The Morgan fingerprint density at radius 1 is 0.933 bits per heavy atom. The maximum absolute atomic E-state index is 13.9. The molecule has 0 saturated carbocycles. The molecule has 0 atom stereocenters. The number of methoxy groups -OCH3 is 1. The summed E-state index contributed by atoms with van der Waals surface area (Å²) in [5.74, 6) is 0.864. The number of halogens is 1. The van der Waals surface area contributed by atoms with E-state index in [-0.39, 0.29) is 5.91 Å². The van der Waals surface area contributed by atoms with Gasteiger partial charge in [0.2, 0.25) is 5.91 Å². The monoisotopic (exact) mass is 463 g/mol. The molecule has 0 aliphatic heterocycles. The predicted molar refractivity (Wildman–Crippen MR) is 125 cm³/mol. The van der Waals surface area contributed by atoms with Crippen LogP contribution in [0.5, 0.6) is 5.75 Å². The normalized spacial score (nSPS) is 13.4. The second-order valence-corrected chi connectivity index (χ2v) is 8.47. The van der Waals surface area contributed by atoms with E-state index in [1.165, 1.54) is 11.1 Å². The number of carbonyl (C=O) groups is 1. The average Bonchev–Trinajstić information content (AvgIpc) is 3.09. The van der Waals surface area contributed by atoms with E-state index >= 15 is 0 Å². The summed E-state index contributed by atoms with van der Waals surface area (Å²) < 4.78 is 5.32. The second kappa shape index (κ2) is 9.05. The molecule has 1 aliphatic rings. The van der Waals surface area contributed by atoms with E-state index in [9.17, 15) is 4.79 Å². The van der Waals surface area contributed by atoms with Crippen molar-refractivity contribution in [3.63, 3.8) is 0 Å². The molecular weight excluding hydrogens is 438 g/mol. The smallest absolute Gasteiger partial charge is 0.235 e. The molecule has 154 valence electrons. The van der Waals surface area contributed by atoms with Gasteiger partial charge in [-0.25, -0.2) is 0 Å². The quantitative estimate of drug-likeness (QED) is 0.336. The molecule has 1 amide bonds. The van der Waals surface area contributed by atoms with Gasteiger partial charge in [-0.05, 0) is 52.8 Å². The lowest BCUT2D eigenvalue weighted by atomic mass is 9.73. The van der Waals surface area contributed by atoms with E-state index in [1.807, 2.05) is 36.4 Å². The van der Waals surface area contributed by atoms with Crippen LogP contribution in [0, 0.1) is 0 Å². The Morgan fingerprint density at radius 3 is 2.23 bits per heavy atom. The molecule has 0 saturated heterocycles. The highest BCUT2D eigenvalue weighted by Crippen LogP contribution is 2.51. The van der Waals surface area contributed by atoms with E-state index in [1.54, 1.807) is 7.11 Å². The largest absolute Gasteiger partial charge is 0.497 e. The standard InChI is InChI=1S/C26H26BrNO2/c1-30-20-10-8-9-19(17-20)18-28-25(29)26(15-6-7-16-27)23-13-4-2-11-21(23)22-12-3-5-14-24(22)26/h2-5,8-14,17H,6-7,15-16,18H2,1H3,(H,28,29). The zero-order valence-corrected chi connectivity index (χ0v) is 18.7. The van der Waals surface area contributed by atoms with Crippen molar-refractivity contribution in [2.24, 2.45) is 0 Å². The molecule has 4 rings (SSSR count). The van der Waals surface area contributed by atoms with Crippen LogP contribution in [0.3, 0.4) is 0 Å². The first kappa shape index (κ1) is 20.7. The number of nitrogens with one attached hydrogen (secondary N) is 1. The Bertz CT molecular complexity index is 1000. The van der Waals surface area contributed by atoms with Crippen LogP contribution in [0.15, 0.2) is 72.8 Å². The van der Waals surface area contributed by atoms with E-state index < -0.39 is 5.41 Å². The zero-order chi connectivity index (χ0) is 21.0. The molecule has 0 unspecified atom stereocenters. The number of rotatable bonds is 8. The molecule has 0 fully saturated rings. The van der Waals surface area contributed by atoms with Crippen LogP contribution in [-0.2, 0) is 16.8 Å². The Labute approximate surface area is 186 Å². The van der Waals surface area contributed by atoms with Gasteiger partial charge in [0.25, 0.3) is 0 Å². The highest BCUT2D eigenvalue weighted by molar-refractivity contribution is 9.09. The number of alkyl halides is 1. The van der Waals surface area contributed by atoms with Gasteiger partial charge in [0, 0.05) is 11.9 Å². The van der Waals surface area contributed by atoms with Crippen LogP contribution in [0.1, 0.15) is 36.0 Å². The van der Waals surface area contributed by atoms with Gasteiger partial charge in [-0.3, -0.25) is 4.79 Å². The molecule has 3 aromatic rings. The number of ether oxygens (including phenoxy) is 1. The van der Waals surface area contributed by atoms with Crippen molar-refractivity contribution in [3.8, 4) is 16.9 Å². The molecule has 4 heteroatoms. The summed E-state index contributed by atoms with van der Waals surface area (Å²) in [6, 6.07) is 24.5. The van der Waals surface area contributed by atoms with Crippen molar-refractivity contribution in [2.75, 3.05) is 12.4 Å². The summed E-state index contributed by atoms with van der Waals surface area (Å²) in [5, 5.41) is 4.18. The van der Waals surface area contributed by atoms with E-state index in [0.717, 1.165) is 47.0 Å². The first-order valence-electron chi connectivity index (χ1n) is 10.4. The topological polar surface area (TPSA) is 38.3 Å². The zero-order valence-electron chi connectivity index (χ0n) is 17.2. The summed E-state index contributed by atoms with van der Waals surface area (Å²) in [5.41, 5.74) is 4.94. The van der Waals surface area contributed by atoms with Gasteiger partial charge >= 0.3 is 0 Å². The van der Waals surface area contributed by atoms with Gasteiger partial charge in [-0.15, -0.1) is 0 Å². The van der Waals surface area contributed by atoms with Crippen LogP contribution in [0.2, 0.25) is 0 Å². The fraction of sp³-hybridized carbons (Fsp3) is 0.269. The first-order chi connectivity index (χ1) is 14.7.